The van der Waals surface area contributed by atoms with Crippen LogP contribution in [0, 0.1) is 0 Å². The van der Waals surface area contributed by atoms with E-state index in [2.05, 4.69) is 45.1 Å². The molecule has 0 rings (SSSR count). The molecule has 0 saturated carbocycles. The number of rotatable bonds is 59. The fourth-order valence-corrected chi connectivity index (χ4v) is 9.65. The molecule has 0 bridgehead atoms. The SMILES string of the molecule is CCCCCCC/C=C\C/C=C\CCCCCCCCCCCC(=O)OCC(COC(=O)CCCCCCCCCCCCCC)OC(=O)CCCCCCCCCCCCCCCCCCCCCC. The predicted octanol–water partition coefficient (Wildman–Crippen LogP) is 21.4. The van der Waals surface area contributed by atoms with E-state index in [9.17, 15) is 14.4 Å². The van der Waals surface area contributed by atoms with Gasteiger partial charge in [0.25, 0.3) is 0 Å². The van der Waals surface area contributed by atoms with Crippen LogP contribution in [0.25, 0.3) is 0 Å². The Hall–Kier alpha value is -2.11. The average Bonchev–Trinajstić information content (AvgIpc) is 3.37. The van der Waals surface area contributed by atoms with Crippen LogP contribution in [0.4, 0.5) is 0 Å². The highest BCUT2D eigenvalue weighted by Gasteiger charge is 2.19. The summed E-state index contributed by atoms with van der Waals surface area (Å²) in [6, 6.07) is 0. The van der Waals surface area contributed by atoms with Crippen LogP contribution in [0.1, 0.15) is 355 Å². The van der Waals surface area contributed by atoms with E-state index in [-0.39, 0.29) is 31.1 Å². The Bertz CT molecular complexity index is 1150. The third-order valence-electron chi connectivity index (χ3n) is 14.5. The molecule has 1 unspecified atom stereocenters. The van der Waals surface area contributed by atoms with E-state index in [1.807, 2.05) is 0 Å². The molecule has 0 N–H and O–H groups in total. The molecule has 0 aliphatic heterocycles. The Kier molecular flexibility index (Phi) is 58.6. The first-order chi connectivity index (χ1) is 35.0. The number of carbonyl (C=O) groups excluding carboxylic acids is 3. The monoisotopic (exact) mass is 999 g/mol. The lowest BCUT2D eigenvalue weighted by Crippen LogP contribution is -2.30. The van der Waals surface area contributed by atoms with Gasteiger partial charge in [-0.2, -0.15) is 0 Å². The smallest absolute Gasteiger partial charge is 0.306 e. The first-order valence-corrected chi connectivity index (χ1v) is 31.8. The molecule has 0 fully saturated rings. The normalized spacial score (nSPS) is 12.1. The minimum Gasteiger partial charge on any atom is -0.462 e. The molecule has 0 radical (unpaired) electrons. The van der Waals surface area contributed by atoms with E-state index in [4.69, 9.17) is 14.2 Å². The van der Waals surface area contributed by atoms with Gasteiger partial charge in [-0.25, -0.2) is 0 Å². The van der Waals surface area contributed by atoms with E-state index in [0.29, 0.717) is 19.3 Å². The number of unbranched alkanes of at least 4 members (excludes halogenated alkanes) is 44. The summed E-state index contributed by atoms with van der Waals surface area (Å²) in [6.45, 7) is 6.69. The summed E-state index contributed by atoms with van der Waals surface area (Å²) in [5.74, 6) is -0.844. The predicted molar refractivity (Wildman–Crippen MR) is 307 cm³/mol. The molecule has 418 valence electrons. The van der Waals surface area contributed by atoms with Gasteiger partial charge in [-0.15, -0.1) is 0 Å². The lowest BCUT2D eigenvalue weighted by Gasteiger charge is -2.18. The quantitative estimate of drug-likeness (QED) is 0.0261. The highest BCUT2D eigenvalue weighted by molar-refractivity contribution is 5.71. The lowest BCUT2D eigenvalue weighted by molar-refractivity contribution is -0.167. The summed E-state index contributed by atoms with van der Waals surface area (Å²) in [5.41, 5.74) is 0. The van der Waals surface area contributed by atoms with Crippen LogP contribution >= 0.6 is 0 Å². The number of carbonyl (C=O) groups is 3. The molecule has 0 heterocycles. The number of hydrogen-bond donors (Lipinski definition) is 0. The van der Waals surface area contributed by atoms with Crippen LogP contribution in [-0.2, 0) is 28.6 Å². The highest BCUT2D eigenvalue weighted by Crippen LogP contribution is 2.18. The van der Waals surface area contributed by atoms with Crippen LogP contribution in [0.5, 0.6) is 0 Å². The van der Waals surface area contributed by atoms with Crippen LogP contribution in [0.3, 0.4) is 0 Å². The van der Waals surface area contributed by atoms with E-state index in [0.717, 1.165) is 64.2 Å². The third kappa shape index (κ3) is 58.7. The van der Waals surface area contributed by atoms with Gasteiger partial charge in [0.05, 0.1) is 0 Å². The molecule has 0 aromatic carbocycles. The lowest BCUT2D eigenvalue weighted by atomic mass is 10.0. The van der Waals surface area contributed by atoms with Crippen LogP contribution in [-0.4, -0.2) is 37.2 Å². The van der Waals surface area contributed by atoms with Crippen molar-refractivity contribution in [1.82, 2.24) is 0 Å². The zero-order valence-electron chi connectivity index (χ0n) is 48.0. The minimum atomic E-state index is -0.768. The minimum absolute atomic E-state index is 0.0664. The zero-order chi connectivity index (χ0) is 51.4. The van der Waals surface area contributed by atoms with E-state index >= 15 is 0 Å². The Morgan fingerprint density at radius 2 is 0.507 bits per heavy atom. The largest absolute Gasteiger partial charge is 0.462 e. The summed E-state index contributed by atoms with van der Waals surface area (Å²) in [5, 5.41) is 0. The summed E-state index contributed by atoms with van der Waals surface area (Å²) in [7, 11) is 0. The van der Waals surface area contributed by atoms with E-state index in [1.54, 1.807) is 0 Å². The third-order valence-corrected chi connectivity index (χ3v) is 14.5. The Balaban J connectivity index is 4.26. The van der Waals surface area contributed by atoms with Crippen molar-refractivity contribution in [3.63, 3.8) is 0 Å². The first-order valence-electron chi connectivity index (χ1n) is 31.8. The number of ether oxygens (including phenoxy) is 3. The first kappa shape index (κ1) is 68.9. The van der Waals surface area contributed by atoms with Gasteiger partial charge in [-0.05, 0) is 51.4 Å². The molecule has 0 saturated heterocycles. The fourth-order valence-electron chi connectivity index (χ4n) is 9.65. The molecule has 71 heavy (non-hydrogen) atoms. The maximum Gasteiger partial charge on any atom is 0.306 e. The molecule has 0 spiro atoms. The number of esters is 3. The van der Waals surface area contributed by atoms with Gasteiger partial charge in [0.15, 0.2) is 6.10 Å². The molecule has 1 atom stereocenters. The maximum atomic E-state index is 12.9. The van der Waals surface area contributed by atoms with Gasteiger partial charge in [0.1, 0.15) is 13.2 Å². The molecular weight excluding hydrogens is 877 g/mol. The fraction of sp³-hybridized carbons (Fsp3) is 0.892. The Labute approximate surface area is 443 Å². The molecule has 0 aliphatic rings. The number of allylic oxidation sites excluding steroid dienone is 4. The van der Waals surface area contributed by atoms with Crippen LogP contribution in [0.15, 0.2) is 24.3 Å². The Morgan fingerprint density at radius 3 is 0.775 bits per heavy atom. The summed E-state index contributed by atoms with van der Waals surface area (Å²) >= 11 is 0. The van der Waals surface area contributed by atoms with Gasteiger partial charge >= 0.3 is 17.9 Å². The summed E-state index contributed by atoms with van der Waals surface area (Å²) in [6.07, 6.45) is 71.8. The van der Waals surface area contributed by atoms with Crippen molar-refractivity contribution in [2.45, 2.75) is 361 Å². The number of hydrogen-bond acceptors (Lipinski definition) is 6. The Morgan fingerprint density at radius 1 is 0.282 bits per heavy atom. The second-order valence-corrected chi connectivity index (χ2v) is 21.7. The zero-order valence-corrected chi connectivity index (χ0v) is 48.0. The maximum absolute atomic E-state index is 12.9. The molecule has 6 heteroatoms. The van der Waals surface area contributed by atoms with Crippen LogP contribution in [0.2, 0.25) is 0 Å². The second-order valence-electron chi connectivity index (χ2n) is 21.7. The van der Waals surface area contributed by atoms with Gasteiger partial charge in [0, 0.05) is 19.3 Å². The van der Waals surface area contributed by atoms with Gasteiger partial charge < -0.3 is 14.2 Å². The second kappa shape index (κ2) is 60.4. The highest BCUT2D eigenvalue weighted by atomic mass is 16.6. The molecule has 0 amide bonds. The van der Waals surface area contributed by atoms with Crippen LogP contribution < -0.4 is 0 Å². The van der Waals surface area contributed by atoms with Gasteiger partial charge in [-0.3, -0.25) is 14.4 Å². The molecule has 0 aromatic heterocycles. The molecular formula is C65H122O6. The van der Waals surface area contributed by atoms with Crippen molar-refractivity contribution in [3.8, 4) is 0 Å². The standard InChI is InChI=1S/C65H122O6/c1-4-7-10-13-16-19-22-25-27-29-31-33-35-36-38-40-43-46-49-52-55-58-64(67)70-61-62(60-69-63(66)57-54-51-48-45-42-24-21-18-15-12-9-6-3)71-65(68)59-56-53-50-47-44-41-39-37-34-32-30-28-26-23-20-17-14-11-8-5-2/h22,25,29,31,62H,4-21,23-24,26-28,30,32-61H2,1-3H3/b25-22-,31-29-. The van der Waals surface area contributed by atoms with E-state index in [1.165, 1.54) is 250 Å². The summed E-state index contributed by atoms with van der Waals surface area (Å²) < 4.78 is 16.9. The van der Waals surface area contributed by atoms with Gasteiger partial charge in [0.2, 0.25) is 0 Å². The van der Waals surface area contributed by atoms with Crippen molar-refractivity contribution in [2.24, 2.45) is 0 Å². The molecule has 0 aromatic rings. The van der Waals surface area contributed by atoms with Crippen molar-refractivity contribution in [2.75, 3.05) is 13.2 Å². The molecule has 0 aliphatic carbocycles. The molecule has 6 nitrogen and oxygen atoms in total. The van der Waals surface area contributed by atoms with Crippen molar-refractivity contribution in [3.05, 3.63) is 24.3 Å². The topological polar surface area (TPSA) is 78.9 Å². The average molecular weight is 1000 g/mol. The van der Waals surface area contributed by atoms with Crippen molar-refractivity contribution >= 4 is 17.9 Å². The summed E-state index contributed by atoms with van der Waals surface area (Å²) in [4.78, 5) is 38.3. The van der Waals surface area contributed by atoms with Gasteiger partial charge in [-0.1, -0.05) is 308 Å². The van der Waals surface area contributed by atoms with E-state index < -0.39 is 6.10 Å². The van der Waals surface area contributed by atoms with Crippen molar-refractivity contribution < 1.29 is 28.6 Å². The van der Waals surface area contributed by atoms with Crippen molar-refractivity contribution in [1.29, 1.82) is 0 Å².